The molecule has 1 aromatic rings. The molecule has 0 bridgehead atoms. The minimum atomic E-state index is -0.0319. The van der Waals surface area contributed by atoms with E-state index in [0.29, 0.717) is 13.0 Å². The van der Waals surface area contributed by atoms with Crippen molar-refractivity contribution in [1.82, 2.24) is 4.90 Å². The highest BCUT2D eigenvalue weighted by Gasteiger charge is 2.31. The van der Waals surface area contributed by atoms with E-state index in [-0.39, 0.29) is 18.0 Å². The summed E-state index contributed by atoms with van der Waals surface area (Å²) in [5.74, 6) is 0.943. The molecule has 2 unspecified atom stereocenters. The van der Waals surface area contributed by atoms with E-state index in [9.17, 15) is 4.79 Å². The predicted octanol–water partition coefficient (Wildman–Crippen LogP) is 1.32. The minimum absolute atomic E-state index is 0.0319. The van der Waals surface area contributed by atoms with Crippen LogP contribution in [-0.2, 0) is 4.79 Å². The number of ether oxygens (including phenoxy) is 1. The van der Waals surface area contributed by atoms with E-state index in [0.717, 1.165) is 11.3 Å². The zero-order chi connectivity index (χ0) is 12.4. The van der Waals surface area contributed by atoms with Gasteiger partial charge in [-0.1, -0.05) is 12.1 Å². The first-order chi connectivity index (χ1) is 8.11. The highest BCUT2D eigenvalue weighted by atomic mass is 16.5. The number of rotatable bonds is 3. The summed E-state index contributed by atoms with van der Waals surface area (Å²) in [4.78, 5) is 13.6. The number of nitrogens with two attached hydrogens (primary N) is 1. The standard InChI is InChI=1S/C13H18N2O2/c1-9(15-8-11(14)7-13(15)16)10-4-3-5-12(6-10)17-2/h3-6,9,11H,7-8,14H2,1-2H3. The van der Waals surface area contributed by atoms with E-state index >= 15 is 0 Å². The van der Waals surface area contributed by atoms with Crippen LogP contribution >= 0.6 is 0 Å². The van der Waals surface area contributed by atoms with Crippen molar-refractivity contribution in [2.45, 2.75) is 25.4 Å². The largest absolute Gasteiger partial charge is 0.497 e. The Morgan fingerprint density at radius 2 is 2.29 bits per heavy atom. The number of carbonyl (C=O) groups excluding carboxylic acids is 1. The molecule has 92 valence electrons. The van der Waals surface area contributed by atoms with Crippen LogP contribution in [0.15, 0.2) is 24.3 Å². The predicted molar refractivity (Wildman–Crippen MR) is 65.7 cm³/mol. The molecule has 2 N–H and O–H groups in total. The number of hydrogen-bond donors (Lipinski definition) is 1. The lowest BCUT2D eigenvalue weighted by Gasteiger charge is -2.25. The quantitative estimate of drug-likeness (QED) is 0.858. The molecule has 1 aliphatic rings. The molecule has 1 amide bonds. The van der Waals surface area contributed by atoms with Crippen molar-refractivity contribution in [3.8, 4) is 5.75 Å². The Kier molecular flexibility index (Phi) is 3.33. The summed E-state index contributed by atoms with van der Waals surface area (Å²) in [7, 11) is 1.64. The summed E-state index contributed by atoms with van der Waals surface area (Å²) in [6.45, 7) is 2.65. The van der Waals surface area contributed by atoms with Gasteiger partial charge in [-0.2, -0.15) is 0 Å². The first-order valence-corrected chi connectivity index (χ1v) is 5.81. The van der Waals surface area contributed by atoms with E-state index in [1.54, 1.807) is 7.11 Å². The third kappa shape index (κ3) is 2.42. The van der Waals surface area contributed by atoms with Crippen LogP contribution in [0.25, 0.3) is 0 Å². The zero-order valence-corrected chi connectivity index (χ0v) is 10.2. The Balaban J connectivity index is 2.18. The van der Waals surface area contributed by atoms with Gasteiger partial charge in [0.05, 0.1) is 13.2 Å². The fourth-order valence-electron chi connectivity index (χ4n) is 2.22. The number of likely N-dealkylation sites (tertiary alicyclic amines) is 1. The fourth-order valence-corrected chi connectivity index (χ4v) is 2.22. The van der Waals surface area contributed by atoms with Crippen molar-refractivity contribution in [1.29, 1.82) is 0 Å². The molecule has 17 heavy (non-hydrogen) atoms. The SMILES string of the molecule is COc1cccc(C(C)N2CC(N)CC2=O)c1. The van der Waals surface area contributed by atoms with Crippen molar-refractivity contribution in [3.05, 3.63) is 29.8 Å². The van der Waals surface area contributed by atoms with Gasteiger partial charge in [0.25, 0.3) is 0 Å². The number of methoxy groups -OCH3 is 1. The van der Waals surface area contributed by atoms with Gasteiger partial charge in [-0.15, -0.1) is 0 Å². The van der Waals surface area contributed by atoms with Crippen LogP contribution in [0.3, 0.4) is 0 Å². The smallest absolute Gasteiger partial charge is 0.224 e. The Morgan fingerprint density at radius 1 is 1.53 bits per heavy atom. The van der Waals surface area contributed by atoms with Crippen molar-refractivity contribution in [2.75, 3.05) is 13.7 Å². The number of hydrogen-bond acceptors (Lipinski definition) is 3. The summed E-state index contributed by atoms with van der Waals surface area (Å²) in [5.41, 5.74) is 6.88. The van der Waals surface area contributed by atoms with Crippen molar-refractivity contribution in [3.63, 3.8) is 0 Å². The molecule has 4 nitrogen and oxygen atoms in total. The van der Waals surface area contributed by atoms with Gasteiger partial charge < -0.3 is 15.4 Å². The van der Waals surface area contributed by atoms with Crippen molar-refractivity contribution < 1.29 is 9.53 Å². The molecule has 1 saturated heterocycles. The van der Waals surface area contributed by atoms with Gasteiger partial charge in [-0.25, -0.2) is 0 Å². The molecule has 1 fully saturated rings. The van der Waals surface area contributed by atoms with Gasteiger partial charge in [0.1, 0.15) is 5.75 Å². The first-order valence-electron chi connectivity index (χ1n) is 5.81. The highest BCUT2D eigenvalue weighted by molar-refractivity contribution is 5.79. The molecule has 1 aromatic carbocycles. The number of amides is 1. The molecule has 1 heterocycles. The average molecular weight is 234 g/mol. The van der Waals surface area contributed by atoms with Gasteiger partial charge in [-0.3, -0.25) is 4.79 Å². The van der Waals surface area contributed by atoms with Crippen molar-refractivity contribution >= 4 is 5.91 Å². The van der Waals surface area contributed by atoms with Crippen LogP contribution in [0.4, 0.5) is 0 Å². The molecule has 2 atom stereocenters. The van der Waals surface area contributed by atoms with E-state index < -0.39 is 0 Å². The maximum absolute atomic E-state index is 11.8. The Bertz CT molecular complexity index is 420. The summed E-state index contributed by atoms with van der Waals surface area (Å²) in [6.07, 6.45) is 0.453. The summed E-state index contributed by atoms with van der Waals surface area (Å²) >= 11 is 0. The Labute approximate surface area is 101 Å². The zero-order valence-electron chi connectivity index (χ0n) is 10.2. The lowest BCUT2D eigenvalue weighted by molar-refractivity contribution is -0.129. The third-order valence-electron chi connectivity index (χ3n) is 3.23. The van der Waals surface area contributed by atoms with Crippen LogP contribution in [0, 0.1) is 0 Å². The number of nitrogens with zero attached hydrogens (tertiary/aromatic N) is 1. The minimum Gasteiger partial charge on any atom is -0.497 e. The lowest BCUT2D eigenvalue weighted by Crippen LogP contribution is -2.30. The summed E-state index contributed by atoms with van der Waals surface area (Å²) in [5, 5.41) is 0. The molecule has 1 aliphatic heterocycles. The molecule has 0 aromatic heterocycles. The second-order valence-electron chi connectivity index (χ2n) is 4.46. The second-order valence-corrected chi connectivity index (χ2v) is 4.46. The Hall–Kier alpha value is -1.55. The summed E-state index contributed by atoms with van der Waals surface area (Å²) < 4.78 is 5.19. The van der Waals surface area contributed by atoms with Crippen LogP contribution in [-0.4, -0.2) is 30.5 Å². The Morgan fingerprint density at radius 3 is 2.88 bits per heavy atom. The van der Waals surface area contributed by atoms with Gasteiger partial charge >= 0.3 is 0 Å². The maximum Gasteiger partial charge on any atom is 0.224 e. The monoisotopic (exact) mass is 234 g/mol. The maximum atomic E-state index is 11.8. The normalized spacial score (nSPS) is 21.7. The van der Waals surface area contributed by atoms with E-state index in [1.807, 2.05) is 36.1 Å². The van der Waals surface area contributed by atoms with E-state index in [4.69, 9.17) is 10.5 Å². The van der Waals surface area contributed by atoms with Gasteiger partial charge in [0, 0.05) is 19.0 Å². The van der Waals surface area contributed by atoms with E-state index in [1.165, 1.54) is 0 Å². The van der Waals surface area contributed by atoms with Gasteiger partial charge in [0.15, 0.2) is 0 Å². The first kappa shape index (κ1) is 11.9. The van der Waals surface area contributed by atoms with E-state index in [2.05, 4.69) is 0 Å². The third-order valence-corrected chi connectivity index (χ3v) is 3.23. The molecule has 0 radical (unpaired) electrons. The van der Waals surface area contributed by atoms with Crippen LogP contribution in [0.1, 0.15) is 24.9 Å². The molecule has 0 aliphatic carbocycles. The average Bonchev–Trinajstić information content (AvgIpc) is 2.67. The van der Waals surface area contributed by atoms with Gasteiger partial charge in [0.2, 0.25) is 5.91 Å². The fraction of sp³-hybridized carbons (Fsp3) is 0.462. The second kappa shape index (κ2) is 4.75. The molecule has 0 saturated carbocycles. The van der Waals surface area contributed by atoms with Crippen LogP contribution in [0.5, 0.6) is 5.75 Å². The topological polar surface area (TPSA) is 55.6 Å². The molecule has 2 rings (SSSR count). The number of carbonyl (C=O) groups is 1. The lowest BCUT2D eigenvalue weighted by atomic mass is 10.1. The van der Waals surface area contributed by atoms with Crippen molar-refractivity contribution in [2.24, 2.45) is 5.73 Å². The molecule has 0 spiro atoms. The molecular weight excluding hydrogens is 216 g/mol. The highest BCUT2D eigenvalue weighted by Crippen LogP contribution is 2.27. The van der Waals surface area contributed by atoms with Crippen LogP contribution in [0.2, 0.25) is 0 Å². The van der Waals surface area contributed by atoms with Gasteiger partial charge in [-0.05, 0) is 24.6 Å². The molecular formula is C13H18N2O2. The molecule has 4 heteroatoms. The number of benzene rings is 1. The summed E-state index contributed by atoms with van der Waals surface area (Å²) in [6, 6.07) is 7.81. The van der Waals surface area contributed by atoms with Crippen LogP contribution < -0.4 is 10.5 Å².